The average molecular weight is 1120 g/mol. The van der Waals surface area contributed by atoms with E-state index in [1.54, 1.807) is 0 Å². The van der Waals surface area contributed by atoms with Gasteiger partial charge in [0.05, 0.1) is 39.5 Å². The zero-order valence-corrected chi connectivity index (χ0v) is 48.1. The Morgan fingerprint density at radius 3 is 1.49 bits per heavy atom. The van der Waals surface area contributed by atoms with Crippen molar-refractivity contribution in [1.82, 2.24) is 29.1 Å². The molecule has 0 fully saturated rings. The van der Waals surface area contributed by atoms with E-state index in [1.165, 1.54) is 33.7 Å². The van der Waals surface area contributed by atoms with E-state index >= 15 is 0 Å². The van der Waals surface area contributed by atoms with Crippen LogP contribution in [0.2, 0.25) is 0 Å². The Hall–Kier alpha value is -10.5. The smallest absolute Gasteiger partial charge is 0.135 e. The van der Waals surface area contributed by atoms with E-state index in [0.29, 0.717) is 0 Å². The highest BCUT2D eigenvalue weighted by Gasteiger charge is 2.32. The number of benzene rings is 5. The van der Waals surface area contributed by atoms with Crippen LogP contribution in [0.1, 0.15) is 101 Å². The summed E-state index contributed by atoms with van der Waals surface area (Å²) in [4.78, 5) is 21.2. The summed E-state index contributed by atoms with van der Waals surface area (Å²) in [5.41, 5.74) is 25.4. The molecule has 7 nitrogen and oxygen atoms in total. The maximum Gasteiger partial charge on any atom is 0.135 e. The predicted molar refractivity (Wildman–Crippen MR) is 357 cm³/mol. The summed E-state index contributed by atoms with van der Waals surface area (Å²) in [6.45, 7) is 0. The van der Waals surface area contributed by atoms with E-state index in [-0.39, 0.29) is 17.8 Å². The number of furan rings is 1. The fourth-order valence-corrected chi connectivity index (χ4v) is 14.1. The normalized spacial score (nSPS) is 17.8. The summed E-state index contributed by atoms with van der Waals surface area (Å²) in [6.07, 6.45) is 38.3. The SMILES string of the molecule is C1=CCCC(c2cccc(-c3ccc4c(c3)c3cc(-c5cccc(-c6ccccc6)n5)ccc3n4-c3ccc4oc5ccc(-n6c7c(c8c6C=CC(c6cccc(C9C=CC=CC9)n6)C8)CC(c6cccc(C8=CC=CCC8)n6)C=C7)cc5c4c3)n2)=C1. The van der Waals surface area contributed by atoms with Crippen LogP contribution in [-0.2, 0) is 12.8 Å². The van der Waals surface area contributed by atoms with Gasteiger partial charge in [0.15, 0.2) is 0 Å². The number of fused-ring (bicyclic) bond motifs is 9. The van der Waals surface area contributed by atoms with Gasteiger partial charge in [0.2, 0.25) is 0 Å². The topological polar surface area (TPSA) is 74.6 Å². The molecule has 87 heavy (non-hydrogen) atoms. The first-order chi connectivity index (χ1) is 43.1. The summed E-state index contributed by atoms with van der Waals surface area (Å²) in [6, 6.07) is 63.4. The minimum Gasteiger partial charge on any atom is -0.456 e. The van der Waals surface area contributed by atoms with E-state index in [1.807, 2.05) is 6.07 Å². The lowest BCUT2D eigenvalue weighted by Crippen LogP contribution is -2.12. The number of pyridine rings is 4. The van der Waals surface area contributed by atoms with Gasteiger partial charge in [0.1, 0.15) is 11.2 Å². The van der Waals surface area contributed by atoms with Crippen LogP contribution in [0.4, 0.5) is 0 Å². The van der Waals surface area contributed by atoms with Gasteiger partial charge in [-0.3, -0.25) is 9.97 Å². The Labute approximate surface area is 505 Å². The van der Waals surface area contributed by atoms with Crippen LogP contribution in [0.25, 0.3) is 112 Å². The molecule has 7 heteroatoms. The lowest BCUT2D eigenvalue weighted by atomic mass is 9.83. The first kappa shape index (κ1) is 51.0. The highest BCUT2D eigenvalue weighted by atomic mass is 16.3. The Morgan fingerprint density at radius 1 is 0.379 bits per heavy atom. The molecule has 5 aliphatic carbocycles. The summed E-state index contributed by atoms with van der Waals surface area (Å²) < 4.78 is 11.7. The lowest BCUT2D eigenvalue weighted by molar-refractivity contribution is 0.668. The molecule has 7 aromatic heterocycles. The van der Waals surface area contributed by atoms with Gasteiger partial charge >= 0.3 is 0 Å². The molecule has 3 atom stereocenters. The van der Waals surface area contributed by atoms with Crippen molar-refractivity contribution < 1.29 is 4.42 Å². The van der Waals surface area contributed by atoms with Crippen LogP contribution in [0.3, 0.4) is 0 Å². The first-order valence-electron chi connectivity index (χ1n) is 30.8. The number of allylic oxidation sites excluding steroid dienone is 14. The minimum absolute atomic E-state index is 0.138. The molecular weight excluding hydrogens is 1060 g/mol. The van der Waals surface area contributed by atoms with Crippen LogP contribution in [0, 0.1) is 0 Å². The molecule has 3 unspecified atom stereocenters. The summed E-state index contributed by atoms with van der Waals surface area (Å²) in [7, 11) is 0. The molecule has 0 N–H and O–H groups in total. The van der Waals surface area contributed by atoms with Gasteiger partial charge in [-0.15, -0.1) is 0 Å². The first-order valence-corrected chi connectivity index (χ1v) is 30.8. The van der Waals surface area contributed by atoms with Crippen molar-refractivity contribution in [2.24, 2.45) is 0 Å². The van der Waals surface area contributed by atoms with Crippen LogP contribution >= 0.6 is 0 Å². The molecule has 0 bridgehead atoms. The van der Waals surface area contributed by atoms with Crippen LogP contribution in [0.5, 0.6) is 0 Å². The zero-order valence-electron chi connectivity index (χ0n) is 48.1. The molecule has 0 aliphatic heterocycles. The van der Waals surface area contributed by atoms with Crippen molar-refractivity contribution in [3.8, 4) is 45.1 Å². The summed E-state index contributed by atoms with van der Waals surface area (Å²) in [5, 5.41) is 4.42. The largest absolute Gasteiger partial charge is 0.456 e. The third-order valence-corrected chi connectivity index (χ3v) is 18.5. The van der Waals surface area contributed by atoms with E-state index in [0.717, 1.165) is 162 Å². The van der Waals surface area contributed by atoms with Crippen molar-refractivity contribution in [2.75, 3.05) is 0 Å². The highest BCUT2D eigenvalue weighted by Crippen LogP contribution is 2.45. The van der Waals surface area contributed by atoms with Gasteiger partial charge in [-0.25, -0.2) is 9.97 Å². The Kier molecular flexibility index (Phi) is 12.4. The fraction of sp³-hybridized carbons (Fsp3) is 0.125. The second-order valence-corrected chi connectivity index (χ2v) is 23.8. The van der Waals surface area contributed by atoms with Crippen molar-refractivity contribution in [3.63, 3.8) is 0 Å². The van der Waals surface area contributed by atoms with Crippen molar-refractivity contribution >= 4 is 67.0 Å². The zero-order chi connectivity index (χ0) is 57.4. The lowest BCUT2D eigenvalue weighted by Gasteiger charge is -2.22. The maximum atomic E-state index is 6.76. The molecule has 5 aromatic carbocycles. The molecular formula is C80H60N6O. The van der Waals surface area contributed by atoms with Crippen molar-refractivity contribution in [1.29, 1.82) is 0 Å². The molecule has 7 heterocycles. The van der Waals surface area contributed by atoms with Crippen LogP contribution in [0.15, 0.2) is 253 Å². The highest BCUT2D eigenvalue weighted by molar-refractivity contribution is 6.12. The monoisotopic (exact) mass is 1120 g/mol. The third kappa shape index (κ3) is 9.12. The fourth-order valence-electron chi connectivity index (χ4n) is 14.1. The van der Waals surface area contributed by atoms with Crippen LogP contribution < -0.4 is 0 Å². The molecule has 0 saturated carbocycles. The quantitative estimate of drug-likeness (QED) is 0.136. The predicted octanol–water partition coefficient (Wildman–Crippen LogP) is 19.8. The van der Waals surface area contributed by atoms with Crippen molar-refractivity contribution in [2.45, 2.75) is 62.7 Å². The number of hydrogen-bond acceptors (Lipinski definition) is 5. The Bertz CT molecular complexity index is 5050. The Morgan fingerprint density at radius 2 is 0.908 bits per heavy atom. The second kappa shape index (κ2) is 21.2. The average Bonchev–Trinajstić information content (AvgIpc) is 1.72. The number of hydrogen-bond donors (Lipinski definition) is 0. The van der Waals surface area contributed by atoms with E-state index in [9.17, 15) is 0 Å². The van der Waals surface area contributed by atoms with Crippen molar-refractivity contribution in [3.05, 3.63) is 300 Å². The van der Waals surface area contributed by atoms with Gasteiger partial charge in [0.25, 0.3) is 0 Å². The molecule has 416 valence electrons. The van der Waals surface area contributed by atoms with Gasteiger partial charge < -0.3 is 13.6 Å². The number of aromatic nitrogens is 6. The standard InChI is InChI=1S/C80H60N6O/c1-5-17-51(18-6-1)67-25-13-29-71(81-67)55-33-39-75-61(45-55)62-46-56(72-30-14-26-68(82-72)52-19-7-2-8-20-52)34-40-76(62)85(75)59-37-43-79-65(49-59)66-50-60(38-44-80(66)87-79)86-77-41-35-57(73-31-15-27-69(83-73)53-21-9-3-10-22-53)47-63(77)64-48-58(36-42-78(64)86)74-32-16-28-70(84-74)54-23-11-4-12-24-54/h1-7,9-11,13-19,21,23,25-46,49-50,53,57-58H,8,12,20,22,24,47-48H2. The Balaban J connectivity index is 0.788. The third-order valence-electron chi connectivity index (χ3n) is 18.5. The number of rotatable bonds is 10. The van der Waals surface area contributed by atoms with E-state index in [2.05, 4.69) is 264 Å². The van der Waals surface area contributed by atoms with E-state index < -0.39 is 0 Å². The van der Waals surface area contributed by atoms with Gasteiger partial charge in [0, 0.05) is 95.8 Å². The maximum absolute atomic E-state index is 6.76. The van der Waals surface area contributed by atoms with Crippen LogP contribution in [-0.4, -0.2) is 29.1 Å². The van der Waals surface area contributed by atoms with E-state index in [4.69, 9.17) is 24.4 Å². The molecule has 0 radical (unpaired) electrons. The van der Waals surface area contributed by atoms with Gasteiger partial charge in [-0.05, 0) is 189 Å². The number of nitrogens with zero attached hydrogens (tertiary/aromatic N) is 6. The van der Waals surface area contributed by atoms with Gasteiger partial charge in [-0.2, -0.15) is 0 Å². The van der Waals surface area contributed by atoms with Gasteiger partial charge in [-0.1, -0.05) is 140 Å². The summed E-state index contributed by atoms with van der Waals surface area (Å²) >= 11 is 0. The molecule has 0 amide bonds. The molecule has 12 aromatic rings. The molecule has 0 spiro atoms. The molecule has 5 aliphatic rings. The molecule has 17 rings (SSSR count). The second-order valence-electron chi connectivity index (χ2n) is 23.8. The molecule has 0 saturated heterocycles. The minimum atomic E-state index is 0.138. The summed E-state index contributed by atoms with van der Waals surface area (Å²) in [5.74, 6) is 0.568.